The fraction of sp³-hybridized carbons (Fsp3) is 0.533. The molecule has 0 aliphatic heterocycles. The van der Waals surface area contributed by atoms with Crippen LogP contribution in [0.5, 0.6) is 5.75 Å². The smallest absolute Gasteiger partial charge is 0.416 e. The maximum Gasteiger partial charge on any atom is 0.416 e. The van der Waals surface area contributed by atoms with Crippen molar-refractivity contribution in [1.29, 1.82) is 0 Å². The quantitative estimate of drug-likeness (QED) is 0.812. The predicted octanol–water partition coefficient (Wildman–Crippen LogP) is 2.61. The van der Waals surface area contributed by atoms with E-state index in [1.807, 2.05) is 13.8 Å². The maximum absolute atomic E-state index is 12.4. The molecule has 0 bridgehead atoms. The first kappa shape index (κ1) is 18.3. The van der Waals surface area contributed by atoms with Crippen LogP contribution in [0.3, 0.4) is 0 Å². The Kier molecular flexibility index (Phi) is 6.67. The summed E-state index contributed by atoms with van der Waals surface area (Å²) in [5.74, 6) is -0.0958. The molecule has 0 spiro atoms. The Morgan fingerprint density at radius 2 is 1.86 bits per heavy atom. The molecular weight excluding hydrogens is 299 g/mol. The standard InChI is InChI=1S/C15H20F3NO3/c1-10(2)13(20)7-8-19-14(21)9-22-12-5-3-11(4-6-12)15(16,17)18/h3-6,10,13,20H,7-9H2,1-2H3,(H,19,21). The molecule has 0 aliphatic carbocycles. The van der Waals surface area contributed by atoms with E-state index in [9.17, 15) is 23.1 Å². The van der Waals surface area contributed by atoms with Crippen LogP contribution in [0.25, 0.3) is 0 Å². The molecule has 0 heterocycles. The Balaban J connectivity index is 2.32. The molecule has 1 aromatic rings. The largest absolute Gasteiger partial charge is 0.484 e. The van der Waals surface area contributed by atoms with Crippen LogP contribution in [0.15, 0.2) is 24.3 Å². The van der Waals surface area contributed by atoms with Crippen molar-refractivity contribution >= 4 is 5.91 Å². The van der Waals surface area contributed by atoms with E-state index >= 15 is 0 Å². The molecule has 0 aliphatic rings. The molecule has 4 nitrogen and oxygen atoms in total. The van der Waals surface area contributed by atoms with Crippen LogP contribution in [-0.2, 0) is 11.0 Å². The summed E-state index contributed by atoms with van der Waals surface area (Å²) in [6, 6.07) is 4.12. The van der Waals surface area contributed by atoms with E-state index in [4.69, 9.17) is 4.74 Å². The summed E-state index contributed by atoms with van der Waals surface area (Å²) >= 11 is 0. The van der Waals surface area contributed by atoms with E-state index in [-0.39, 0.29) is 18.3 Å². The van der Waals surface area contributed by atoms with Gasteiger partial charge in [-0.3, -0.25) is 4.79 Å². The van der Waals surface area contributed by atoms with Crippen molar-refractivity contribution in [1.82, 2.24) is 5.32 Å². The molecule has 0 saturated heterocycles. The van der Waals surface area contributed by atoms with Crippen molar-refractivity contribution in [2.75, 3.05) is 13.2 Å². The SMILES string of the molecule is CC(C)C(O)CCNC(=O)COc1ccc(C(F)(F)F)cc1. The van der Waals surface area contributed by atoms with Gasteiger partial charge in [-0.05, 0) is 36.6 Å². The fourth-order valence-electron chi connectivity index (χ4n) is 1.63. The number of rotatable bonds is 7. The van der Waals surface area contributed by atoms with Crippen LogP contribution >= 0.6 is 0 Å². The third-order valence-electron chi connectivity index (χ3n) is 3.08. The monoisotopic (exact) mass is 319 g/mol. The third-order valence-corrected chi connectivity index (χ3v) is 3.08. The molecule has 1 rings (SSSR count). The Morgan fingerprint density at radius 1 is 1.27 bits per heavy atom. The minimum Gasteiger partial charge on any atom is -0.484 e. The van der Waals surface area contributed by atoms with Gasteiger partial charge in [0.05, 0.1) is 11.7 Å². The lowest BCUT2D eigenvalue weighted by Gasteiger charge is -2.14. The summed E-state index contributed by atoms with van der Waals surface area (Å²) in [5, 5.41) is 12.1. The highest BCUT2D eigenvalue weighted by Gasteiger charge is 2.30. The summed E-state index contributed by atoms with van der Waals surface area (Å²) in [4.78, 5) is 11.5. The van der Waals surface area contributed by atoms with Crippen LogP contribution in [-0.4, -0.2) is 30.3 Å². The first-order chi connectivity index (χ1) is 10.2. The van der Waals surface area contributed by atoms with Gasteiger partial charge in [0.1, 0.15) is 5.75 Å². The highest BCUT2D eigenvalue weighted by molar-refractivity contribution is 5.77. The fourth-order valence-corrected chi connectivity index (χ4v) is 1.63. The molecule has 22 heavy (non-hydrogen) atoms. The van der Waals surface area contributed by atoms with E-state index in [1.54, 1.807) is 0 Å². The van der Waals surface area contributed by atoms with E-state index in [0.29, 0.717) is 13.0 Å². The molecule has 0 radical (unpaired) electrons. The molecule has 2 N–H and O–H groups in total. The average Bonchev–Trinajstić information content (AvgIpc) is 2.44. The zero-order chi connectivity index (χ0) is 16.8. The molecule has 1 amide bonds. The normalized spacial score (nSPS) is 13.0. The average molecular weight is 319 g/mol. The number of ether oxygens (including phenoxy) is 1. The van der Waals surface area contributed by atoms with Gasteiger partial charge < -0.3 is 15.2 Å². The molecule has 0 fully saturated rings. The van der Waals surface area contributed by atoms with Crippen molar-refractivity contribution < 1.29 is 27.8 Å². The molecular formula is C15H20F3NO3. The van der Waals surface area contributed by atoms with Crippen LogP contribution in [0.2, 0.25) is 0 Å². The van der Waals surface area contributed by atoms with Crippen molar-refractivity contribution in [3.8, 4) is 5.75 Å². The van der Waals surface area contributed by atoms with E-state index < -0.39 is 23.8 Å². The second kappa shape index (κ2) is 8.03. The topological polar surface area (TPSA) is 58.6 Å². The molecule has 7 heteroatoms. The Labute approximate surface area is 127 Å². The number of halogens is 3. The summed E-state index contributed by atoms with van der Waals surface area (Å²) in [7, 11) is 0. The second-order valence-electron chi connectivity index (χ2n) is 5.26. The highest BCUT2D eigenvalue weighted by Crippen LogP contribution is 2.30. The molecule has 1 atom stereocenters. The molecule has 124 valence electrons. The van der Waals surface area contributed by atoms with Crippen LogP contribution < -0.4 is 10.1 Å². The lowest BCUT2D eigenvalue weighted by molar-refractivity contribution is -0.137. The first-order valence-electron chi connectivity index (χ1n) is 6.95. The van der Waals surface area contributed by atoms with E-state index in [2.05, 4.69) is 5.32 Å². The van der Waals surface area contributed by atoms with Crippen molar-refractivity contribution in [2.45, 2.75) is 32.5 Å². The van der Waals surface area contributed by atoms with Crippen LogP contribution in [0.4, 0.5) is 13.2 Å². The van der Waals surface area contributed by atoms with Gasteiger partial charge in [-0.2, -0.15) is 13.2 Å². The number of hydrogen-bond donors (Lipinski definition) is 2. The summed E-state index contributed by atoms with van der Waals surface area (Å²) < 4.78 is 42.2. The van der Waals surface area contributed by atoms with Gasteiger partial charge >= 0.3 is 6.18 Å². The van der Waals surface area contributed by atoms with Crippen molar-refractivity contribution in [3.05, 3.63) is 29.8 Å². The van der Waals surface area contributed by atoms with Gasteiger partial charge in [0.25, 0.3) is 5.91 Å². The molecule has 0 saturated carbocycles. The zero-order valence-electron chi connectivity index (χ0n) is 12.5. The Hall–Kier alpha value is -1.76. The van der Waals surface area contributed by atoms with E-state index in [1.165, 1.54) is 12.1 Å². The first-order valence-corrected chi connectivity index (χ1v) is 6.95. The zero-order valence-corrected chi connectivity index (χ0v) is 12.5. The number of carbonyl (C=O) groups excluding carboxylic acids is 1. The lowest BCUT2D eigenvalue weighted by Crippen LogP contribution is -2.32. The minimum absolute atomic E-state index is 0.111. The van der Waals surface area contributed by atoms with Gasteiger partial charge in [0.2, 0.25) is 0 Å². The molecule has 0 aromatic heterocycles. The van der Waals surface area contributed by atoms with Gasteiger partial charge in [-0.15, -0.1) is 0 Å². The predicted molar refractivity (Wildman–Crippen MR) is 75.4 cm³/mol. The van der Waals surface area contributed by atoms with Gasteiger partial charge in [0, 0.05) is 6.54 Å². The molecule has 1 unspecified atom stereocenters. The Morgan fingerprint density at radius 3 is 2.36 bits per heavy atom. The number of hydrogen-bond acceptors (Lipinski definition) is 3. The lowest BCUT2D eigenvalue weighted by atomic mass is 10.0. The van der Waals surface area contributed by atoms with Gasteiger partial charge in [-0.25, -0.2) is 0 Å². The number of alkyl halides is 3. The number of aliphatic hydroxyl groups is 1. The second-order valence-corrected chi connectivity index (χ2v) is 5.26. The third kappa shape index (κ3) is 6.34. The summed E-state index contributed by atoms with van der Waals surface area (Å²) in [6.45, 7) is 3.78. The Bertz CT molecular complexity index is 472. The van der Waals surface area contributed by atoms with Crippen molar-refractivity contribution in [3.63, 3.8) is 0 Å². The number of carbonyl (C=O) groups is 1. The molecule has 1 aromatic carbocycles. The number of amides is 1. The maximum atomic E-state index is 12.4. The van der Waals surface area contributed by atoms with Crippen LogP contribution in [0.1, 0.15) is 25.8 Å². The number of benzene rings is 1. The summed E-state index contributed by atoms with van der Waals surface area (Å²) in [6.07, 6.45) is -4.45. The van der Waals surface area contributed by atoms with E-state index in [0.717, 1.165) is 12.1 Å². The summed E-state index contributed by atoms with van der Waals surface area (Å²) in [5.41, 5.74) is -0.771. The highest BCUT2D eigenvalue weighted by atomic mass is 19.4. The minimum atomic E-state index is -4.40. The van der Waals surface area contributed by atoms with Crippen molar-refractivity contribution in [2.24, 2.45) is 5.92 Å². The number of aliphatic hydroxyl groups excluding tert-OH is 1. The number of nitrogens with one attached hydrogen (secondary N) is 1. The van der Waals surface area contributed by atoms with Gasteiger partial charge in [-0.1, -0.05) is 13.8 Å². The van der Waals surface area contributed by atoms with Gasteiger partial charge in [0.15, 0.2) is 6.61 Å². The van der Waals surface area contributed by atoms with Crippen LogP contribution in [0, 0.1) is 5.92 Å².